The molecule has 1 aliphatic heterocycles. The molecule has 0 bridgehead atoms. The Bertz CT molecular complexity index is 577. The number of benzene rings is 1. The first kappa shape index (κ1) is 16.0. The van der Waals surface area contributed by atoms with Crippen molar-refractivity contribution >= 4 is 13.8 Å². The van der Waals surface area contributed by atoms with Crippen molar-refractivity contribution in [2.45, 2.75) is 63.8 Å². The van der Waals surface area contributed by atoms with Crippen molar-refractivity contribution in [3.05, 3.63) is 41.5 Å². The van der Waals surface area contributed by atoms with Crippen LogP contribution in [0, 0.1) is 0 Å². The molecule has 2 aliphatic rings. The van der Waals surface area contributed by atoms with Gasteiger partial charge in [-0.3, -0.25) is 0 Å². The van der Waals surface area contributed by atoms with E-state index >= 15 is 0 Å². The maximum atomic E-state index is 3.96. The molecule has 0 spiro atoms. The average Bonchev–Trinajstić information content (AvgIpc) is 3.02. The van der Waals surface area contributed by atoms with Gasteiger partial charge in [-0.15, -0.1) is 0 Å². The van der Waals surface area contributed by atoms with Gasteiger partial charge in [0.1, 0.15) is 8.24 Å². The van der Waals surface area contributed by atoms with Crippen molar-refractivity contribution in [2.75, 3.05) is 6.54 Å². The fraction of sp³-hybridized carbons (Fsp3) is 0.579. The summed E-state index contributed by atoms with van der Waals surface area (Å²) in [6.45, 7) is 13.0. The molecule has 1 aromatic carbocycles. The first-order chi connectivity index (χ1) is 10.3. The first-order valence-corrected chi connectivity index (χ1v) is 11.7. The predicted molar refractivity (Wildman–Crippen MR) is 98.6 cm³/mol. The van der Waals surface area contributed by atoms with E-state index in [-0.39, 0.29) is 5.54 Å². The van der Waals surface area contributed by atoms with E-state index < -0.39 is 8.24 Å². The van der Waals surface area contributed by atoms with Crippen LogP contribution in [0.3, 0.4) is 0 Å². The lowest BCUT2D eigenvalue weighted by Gasteiger charge is -2.37. The molecule has 1 saturated heterocycles. The molecule has 3 rings (SSSR count). The third kappa shape index (κ3) is 3.08. The van der Waals surface area contributed by atoms with Gasteiger partial charge < -0.3 is 10.3 Å². The Morgan fingerprint density at radius 2 is 1.91 bits per heavy atom. The first-order valence-electron chi connectivity index (χ1n) is 8.62. The van der Waals surface area contributed by atoms with E-state index in [0.717, 1.165) is 6.54 Å². The van der Waals surface area contributed by atoms with E-state index in [1.54, 1.807) is 11.1 Å². The van der Waals surface area contributed by atoms with Crippen molar-refractivity contribution in [2.24, 2.45) is 0 Å². The van der Waals surface area contributed by atoms with Crippen molar-refractivity contribution < 1.29 is 0 Å². The lowest BCUT2D eigenvalue weighted by atomic mass is 9.99. The summed E-state index contributed by atoms with van der Waals surface area (Å²) in [6, 6.07) is 9.62. The summed E-state index contributed by atoms with van der Waals surface area (Å²) in [5.74, 6) is 0. The topological polar surface area (TPSA) is 24.1 Å². The minimum Gasteiger partial charge on any atom is -0.332 e. The molecule has 0 aromatic heterocycles. The van der Waals surface area contributed by atoms with Gasteiger partial charge in [0.2, 0.25) is 0 Å². The maximum Gasteiger partial charge on any atom is 0.131 e. The van der Waals surface area contributed by atoms with Crippen LogP contribution in [0.5, 0.6) is 0 Å². The Hall–Kier alpha value is -0.903. The number of nitrogens with one attached hydrogen (secondary N) is 2. The molecule has 22 heavy (non-hydrogen) atoms. The number of allylic oxidation sites excluding steroid dienone is 1. The molecule has 3 heteroatoms. The van der Waals surface area contributed by atoms with Crippen molar-refractivity contribution in [3.63, 3.8) is 0 Å². The zero-order chi connectivity index (χ0) is 16.0. The third-order valence-corrected chi connectivity index (χ3v) is 8.29. The fourth-order valence-electron chi connectivity index (χ4n) is 4.29. The number of hydrogen-bond donors (Lipinski definition) is 2. The number of rotatable bonds is 3. The highest BCUT2D eigenvalue weighted by Crippen LogP contribution is 2.43. The van der Waals surface area contributed by atoms with Gasteiger partial charge in [-0.2, -0.15) is 0 Å². The lowest BCUT2D eigenvalue weighted by Crippen LogP contribution is -2.57. The molecule has 1 aliphatic carbocycles. The molecule has 2 atom stereocenters. The smallest absolute Gasteiger partial charge is 0.131 e. The summed E-state index contributed by atoms with van der Waals surface area (Å²) >= 11 is 0. The van der Waals surface area contributed by atoms with Crippen LogP contribution in [0.1, 0.15) is 50.3 Å². The highest BCUT2D eigenvalue weighted by Gasteiger charge is 2.40. The largest absolute Gasteiger partial charge is 0.332 e. The molecular formula is C19H30N2Si. The SMILES string of the molecule is CC(C)(C)N[Si](C)(C)C1C=C(C2CCCN2)c2ccccc21. The van der Waals surface area contributed by atoms with Crippen LogP contribution in [-0.4, -0.2) is 26.4 Å². The Morgan fingerprint density at radius 1 is 1.18 bits per heavy atom. The maximum absolute atomic E-state index is 3.96. The summed E-state index contributed by atoms with van der Waals surface area (Å²) in [5, 5.41) is 3.69. The molecule has 1 heterocycles. The van der Waals surface area contributed by atoms with Crippen molar-refractivity contribution in [1.82, 2.24) is 10.3 Å². The molecule has 2 unspecified atom stereocenters. The molecule has 1 fully saturated rings. The normalized spacial score (nSPS) is 25.2. The zero-order valence-electron chi connectivity index (χ0n) is 14.7. The van der Waals surface area contributed by atoms with Crippen LogP contribution in [-0.2, 0) is 0 Å². The van der Waals surface area contributed by atoms with E-state index in [1.807, 2.05) is 0 Å². The summed E-state index contributed by atoms with van der Waals surface area (Å²) < 4.78 is 0. The zero-order valence-corrected chi connectivity index (χ0v) is 15.7. The van der Waals surface area contributed by atoms with Crippen LogP contribution >= 0.6 is 0 Å². The van der Waals surface area contributed by atoms with E-state index in [4.69, 9.17) is 0 Å². The van der Waals surface area contributed by atoms with Gasteiger partial charge in [0.25, 0.3) is 0 Å². The van der Waals surface area contributed by atoms with E-state index in [2.05, 4.69) is 74.5 Å². The van der Waals surface area contributed by atoms with Gasteiger partial charge in [0, 0.05) is 17.1 Å². The third-order valence-electron chi connectivity index (χ3n) is 4.86. The van der Waals surface area contributed by atoms with Crippen LogP contribution in [0.4, 0.5) is 0 Å². The highest BCUT2D eigenvalue weighted by atomic mass is 28.3. The average molecular weight is 315 g/mol. The monoisotopic (exact) mass is 314 g/mol. The fourth-order valence-corrected chi connectivity index (χ4v) is 8.00. The Morgan fingerprint density at radius 3 is 2.55 bits per heavy atom. The van der Waals surface area contributed by atoms with E-state index in [0.29, 0.717) is 11.6 Å². The molecule has 0 saturated carbocycles. The van der Waals surface area contributed by atoms with Crippen LogP contribution in [0.25, 0.3) is 5.57 Å². The summed E-state index contributed by atoms with van der Waals surface area (Å²) in [6.07, 6.45) is 5.16. The second kappa shape index (κ2) is 5.62. The van der Waals surface area contributed by atoms with Crippen LogP contribution in [0.15, 0.2) is 30.3 Å². The van der Waals surface area contributed by atoms with Gasteiger partial charge in [0.15, 0.2) is 0 Å². The Labute approximate surface area is 136 Å². The Kier molecular flexibility index (Phi) is 4.08. The quantitative estimate of drug-likeness (QED) is 0.822. The van der Waals surface area contributed by atoms with Gasteiger partial charge in [-0.1, -0.05) is 43.4 Å². The van der Waals surface area contributed by atoms with Gasteiger partial charge >= 0.3 is 0 Å². The standard InChI is InChI=1S/C19H30N2Si/c1-19(2,3)21-22(4,5)18-13-16(17-11-8-12-20-17)14-9-6-7-10-15(14)18/h6-7,9-10,13,17-18,20-21H,8,11-12H2,1-5H3. The second-order valence-electron chi connectivity index (χ2n) is 8.43. The molecule has 2 nitrogen and oxygen atoms in total. The highest BCUT2D eigenvalue weighted by molar-refractivity contribution is 6.77. The predicted octanol–water partition coefficient (Wildman–Crippen LogP) is 4.05. The molecule has 0 amide bonds. The number of fused-ring (bicyclic) bond motifs is 1. The molecule has 2 N–H and O–H groups in total. The van der Waals surface area contributed by atoms with E-state index in [9.17, 15) is 0 Å². The van der Waals surface area contributed by atoms with E-state index in [1.165, 1.54) is 18.4 Å². The lowest BCUT2D eigenvalue weighted by molar-refractivity contribution is 0.509. The summed E-state index contributed by atoms with van der Waals surface area (Å²) in [7, 11) is -1.60. The van der Waals surface area contributed by atoms with Crippen LogP contribution in [0.2, 0.25) is 13.1 Å². The van der Waals surface area contributed by atoms with Gasteiger partial charge in [0.05, 0.1) is 0 Å². The van der Waals surface area contributed by atoms with Crippen LogP contribution < -0.4 is 10.3 Å². The molecule has 120 valence electrons. The summed E-state index contributed by atoms with van der Waals surface area (Å²) in [5.41, 5.74) is 5.32. The minimum absolute atomic E-state index is 0.173. The second-order valence-corrected chi connectivity index (χ2v) is 12.7. The van der Waals surface area contributed by atoms with Crippen molar-refractivity contribution in [1.29, 1.82) is 0 Å². The van der Waals surface area contributed by atoms with Gasteiger partial charge in [-0.05, 0) is 56.9 Å². The molecule has 0 radical (unpaired) electrons. The molecular weight excluding hydrogens is 284 g/mol. The molecule has 1 aromatic rings. The number of hydrogen-bond acceptors (Lipinski definition) is 2. The minimum atomic E-state index is -1.60. The van der Waals surface area contributed by atoms with Crippen molar-refractivity contribution in [3.8, 4) is 0 Å². The Balaban J connectivity index is 1.97. The summed E-state index contributed by atoms with van der Waals surface area (Å²) in [4.78, 5) is 3.96. The van der Waals surface area contributed by atoms with Gasteiger partial charge in [-0.25, -0.2) is 0 Å².